The Kier molecular flexibility index (Phi) is 11.8. The monoisotopic (exact) mass is 518 g/mol. The van der Waals surface area contributed by atoms with Gasteiger partial charge >= 0.3 is 4.38 Å². The molecule has 0 spiro atoms. The highest BCUT2D eigenvalue weighted by Gasteiger charge is 2.43. The van der Waals surface area contributed by atoms with E-state index in [0.717, 1.165) is 49.7 Å². The van der Waals surface area contributed by atoms with Crippen LogP contribution in [-0.4, -0.2) is 26.0 Å². The van der Waals surface area contributed by atoms with Gasteiger partial charge < -0.3 is 5.53 Å². The highest BCUT2D eigenvalue weighted by atomic mass is 32.3. The maximum atomic E-state index is 13.1. The minimum Gasteiger partial charge on any atom is -0.359 e. The molecular formula is C27H38N2O4S2. The summed E-state index contributed by atoms with van der Waals surface area (Å²) in [4.78, 5) is 2.30. The SMILES string of the molecule is CCCCCCCc1ccc(S(=O)(=O)C(=[N+]=[N-])S(=O)(=O)c2ccc(CCCCCCC)cc2)cc1. The molecule has 0 N–H and O–H groups in total. The summed E-state index contributed by atoms with van der Waals surface area (Å²) in [6, 6.07) is 12.2. The second-order valence-corrected chi connectivity index (χ2v) is 13.0. The van der Waals surface area contributed by atoms with Crippen molar-refractivity contribution in [2.24, 2.45) is 0 Å². The minimum absolute atomic E-state index is 0.215. The summed E-state index contributed by atoms with van der Waals surface area (Å²) in [7, 11) is -9.05. The normalized spacial score (nSPS) is 11.8. The van der Waals surface area contributed by atoms with E-state index in [-0.39, 0.29) is 9.79 Å². The fourth-order valence-corrected chi connectivity index (χ4v) is 7.33. The topological polar surface area (TPSA) is 105 Å². The van der Waals surface area contributed by atoms with Crippen LogP contribution in [0, 0.1) is 0 Å². The zero-order chi connectivity index (χ0) is 25.7. The first-order valence-corrected chi connectivity index (χ1v) is 15.6. The molecule has 0 aliphatic heterocycles. The van der Waals surface area contributed by atoms with E-state index in [0.29, 0.717) is 0 Å². The maximum Gasteiger partial charge on any atom is 0.504 e. The van der Waals surface area contributed by atoms with Crippen molar-refractivity contribution in [3.63, 3.8) is 0 Å². The van der Waals surface area contributed by atoms with E-state index >= 15 is 0 Å². The van der Waals surface area contributed by atoms with E-state index in [1.54, 1.807) is 24.3 Å². The Morgan fingerprint density at radius 2 is 0.943 bits per heavy atom. The Bertz CT molecular complexity index is 1090. The third-order valence-corrected chi connectivity index (χ3v) is 10.3. The summed E-state index contributed by atoms with van der Waals surface area (Å²) in [5.74, 6) is 0. The van der Waals surface area contributed by atoms with Crippen molar-refractivity contribution in [1.82, 2.24) is 0 Å². The molecule has 2 aromatic rings. The molecule has 0 aliphatic carbocycles. The highest BCUT2D eigenvalue weighted by Crippen LogP contribution is 2.22. The van der Waals surface area contributed by atoms with Crippen LogP contribution in [0.25, 0.3) is 5.53 Å². The lowest BCUT2D eigenvalue weighted by Gasteiger charge is -2.06. The molecule has 0 radical (unpaired) electrons. The quantitative estimate of drug-likeness (QED) is 0.0930. The van der Waals surface area contributed by atoms with Crippen molar-refractivity contribution in [2.45, 2.75) is 101 Å². The first-order valence-electron chi connectivity index (χ1n) is 12.7. The Morgan fingerprint density at radius 1 is 0.600 bits per heavy atom. The van der Waals surface area contributed by atoms with Crippen molar-refractivity contribution < 1.29 is 21.6 Å². The van der Waals surface area contributed by atoms with E-state index < -0.39 is 24.1 Å². The Hall–Kier alpha value is -2.28. The molecule has 0 fully saturated rings. The van der Waals surface area contributed by atoms with Gasteiger partial charge in [0.25, 0.3) is 19.7 Å². The molecule has 0 saturated heterocycles. The Balaban J connectivity index is 2.11. The minimum atomic E-state index is -4.53. The van der Waals surface area contributed by atoms with Gasteiger partial charge in [-0.05, 0) is 61.1 Å². The second kappa shape index (κ2) is 14.3. The Morgan fingerprint density at radius 3 is 1.26 bits per heavy atom. The number of hydrogen-bond acceptors (Lipinski definition) is 4. The van der Waals surface area contributed by atoms with E-state index in [1.807, 2.05) is 0 Å². The molecule has 0 amide bonds. The van der Waals surface area contributed by atoms with Gasteiger partial charge in [0, 0.05) is 0 Å². The molecule has 35 heavy (non-hydrogen) atoms. The van der Waals surface area contributed by atoms with Crippen molar-refractivity contribution >= 4 is 24.1 Å². The molecule has 0 aliphatic rings. The molecule has 0 saturated carbocycles. The summed E-state index contributed by atoms with van der Waals surface area (Å²) in [6.45, 7) is 4.32. The van der Waals surface area contributed by atoms with Gasteiger partial charge in [-0.25, -0.2) is 16.8 Å². The van der Waals surface area contributed by atoms with E-state index in [9.17, 15) is 22.4 Å². The van der Waals surface area contributed by atoms with Gasteiger partial charge in [0.05, 0.1) is 9.79 Å². The molecular weight excluding hydrogens is 480 g/mol. The van der Waals surface area contributed by atoms with Crippen LogP contribution >= 0.6 is 0 Å². The standard InChI is InChI=1S/C27H38N2O4S2/c1-3-5-7-9-11-13-23-15-19-25(20-16-23)34(30,31)27(29-28)35(32,33)26-21-17-24(18-22-26)14-12-10-8-6-4-2/h15-22H,3-14H2,1-2H3. The molecule has 2 rings (SSSR count). The average Bonchev–Trinajstić information content (AvgIpc) is 2.84. The van der Waals surface area contributed by atoms with Gasteiger partial charge in [0.1, 0.15) is 0 Å². The van der Waals surface area contributed by atoms with Crippen molar-refractivity contribution in [2.75, 3.05) is 0 Å². The lowest BCUT2D eigenvalue weighted by atomic mass is 10.1. The van der Waals surface area contributed by atoms with Crippen molar-refractivity contribution in [3.8, 4) is 0 Å². The van der Waals surface area contributed by atoms with Crippen LogP contribution < -0.4 is 0 Å². The molecule has 0 unspecified atom stereocenters. The number of benzene rings is 2. The maximum absolute atomic E-state index is 13.1. The van der Waals surface area contributed by atoms with Crippen LogP contribution in [0.2, 0.25) is 0 Å². The predicted molar refractivity (Wildman–Crippen MR) is 141 cm³/mol. The number of hydrogen-bond donors (Lipinski definition) is 0. The molecule has 0 bridgehead atoms. The van der Waals surface area contributed by atoms with Crippen LogP contribution in [0.5, 0.6) is 0 Å². The first kappa shape index (κ1) is 29.0. The van der Waals surface area contributed by atoms with Gasteiger partial charge in [-0.1, -0.05) is 89.5 Å². The van der Waals surface area contributed by atoms with E-state index in [1.165, 1.54) is 62.8 Å². The van der Waals surface area contributed by atoms with E-state index in [4.69, 9.17) is 0 Å². The third-order valence-electron chi connectivity index (χ3n) is 6.15. The molecule has 192 valence electrons. The van der Waals surface area contributed by atoms with E-state index in [2.05, 4.69) is 18.6 Å². The zero-order valence-electron chi connectivity index (χ0n) is 20.9. The summed E-state index contributed by atoms with van der Waals surface area (Å²) < 4.78 is 50.9. The van der Waals surface area contributed by atoms with Gasteiger partial charge in [-0.3, -0.25) is 0 Å². The number of nitrogens with zero attached hydrogens (tertiary/aromatic N) is 2. The largest absolute Gasteiger partial charge is 0.504 e. The van der Waals surface area contributed by atoms with Gasteiger partial charge in [0.15, 0.2) is 0 Å². The van der Waals surface area contributed by atoms with Crippen molar-refractivity contribution in [3.05, 3.63) is 65.2 Å². The number of aryl methyl sites for hydroxylation is 2. The lowest BCUT2D eigenvalue weighted by molar-refractivity contribution is 0.00380. The van der Waals surface area contributed by atoms with Crippen LogP contribution in [-0.2, 0) is 32.5 Å². The van der Waals surface area contributed by atoms with Crippen LogP contribution in [0.3, 0.4) is 0 Å². The predicted octanol–water partition coefficient (Wildman–Crippen LogP) is 6.55. The Labute approximate surface area is 211 Å². The third kappa shape index (κ3) is 8.41. The zero-order valence-corrected chi connectivity index (χ0v) is 22.6. The summed E-state index contributed by atoms with van der Waals surface area (Å²) >= 11 is 0. The fourth-order valence-electron chi connectivity index (χ4n) is 3.99. The molecule has 8 heteroatoms. The van der Waals surface area contributed by atoms with Crippen LogP contribution in [0.15, 0.2) is 58.3 Å². The highest BCUT2D eigenvalue weighted by molar-refractivity contribution is 8.31. The summed E-state index contributed by atoms with van der Waals surface area (Å²) in [5.41, 5.74) is 11.4. The van der Waals surface area contributed by atoms with Crippen molar-refractivity contribution in [1.29, 1.82) is 0 Å². The first-order chi connectivity index (χ1) is 16.8. The molecule has 0 atom stereocenters. The molecule has 0 aromatic heterocycles. The number of sulfone groups is 2. The lowest BCUT2D eigenvalue weighted by Crippen LogP contribution is -2.26. The van der Waals surface area contributed by atoms with Gasteiger partial charge in [-0.2, -0.15) is 0 Å². The average molecular weight is 519 g/mol. The van der Waals surface area contributed by atoms with Gasteiger partial charge in [-0.15, -0.1) is 4.79 Å². The van der Waals surface area contributed by atoms with Crippen LogP contribution in [0.4, 0.5) is 0 Å². The smallest absolute Gasteiger partial charge is 0.359 e. The molecule has 6 nitrogen and oxygen atoms in total. The summed E-state index contributed by atoms with van der Waals surface area (Å²) in [6.07, 6.45) is 13.0. The molecule has 2 aromatic carbocycles. The number of rotatable bonds is 14. The summed E-state index contributed by atoms with van der Waals surface area (Å²) in [5, 5.41) is 0. The fraction of sp³-hybridized carbons (Fsp3) is 0.519. The van der Waals surface area contributed by atoms with Crippen LogP contribution in [0.1, 0.15) is 89.2 Å². The number of unbranched alkanes of at least 4 members (excludes halogenated alkanes) is 8. The second-order valence-electron chi connectivity index (χ2n) is 8.99. The van der Waals surface area contributed by atoms with Gasteiger partial charge in [0.2, 0.25) is 0 Å². The molecule has 0 heterocycles.